The first-order valence-corrected chi connectivity index (χ1v) is 9.42. The van der Waals surface area contributed by atoms with E-state index in [0.29, 0.717) is 18.4 Å². The lowest BCUT2D eigenvalue weighted by Crippen LogP contribution is -2.22. The summed E-state index contributed by atoms with van der Waals surface area (Å²) in [5.41, 5.74) is 2.65. The van der Waals surface area contributed by atoms with Crippen LogP contribution in [0.3, 0.4) is 0 Å². The molecule has 2 fully saturated rings. The van der Waals surface area contributed by atoms with E-state index in [1.165, 1.54) is 11.1 Å². The second-order valence-electron chi connectivity index (χ2n) is 7.57. The molecule has 1 saturated carbocycles. The fraction of sp³-hybridized carbons (Fsp3) is 0.455. The van der Waals surface area contributed by atoms with Crippen molar-refractivity contribution in [2.75, 3.05) is 19.7 Å². The second-order valence-corrected chi connectivity index (χ2v) is 7.57. The number of rotatable bonds is 6. The van der Waals surface area contributed by atoms with Gasteiger partial charge >= 0.3 is 0 Å². The Hall–Kier alpha value is -1.84. The summed E-state index contributed by atoms with van der Waals surface area (Å²) in [6.45, 7) is 3.99. The van der Waals surface area contributed by atoms with Crippen molar-refractivity contribution < 1.29 is 9.84 Å². The van der Waals surface area contributed by atoms with Crippen molar-refractivity contribution in [2.45, 2.75) is 31.9 Å². The van der Waals surface area contributed by atoms with Gasteiger partial charge in [0.1, 0.15) is 5.75 Å². The van der Waals surface area contributed by atoms with Crippen LogP contribution in [0.25, 0.3) is 0 Å². The molecule has 1 unspecified atom stereocenters. The van der Waals surface area contributed by atoms with E-state index < -0.39 is 0 Å². The highest BCUT2D eigenvalue weighted by molar-refractivity contribution is 5.27. The van der Waals surface area contributed by atoms with Crippen LogP contribution in [0.15, 0.2) is 54.6 Å². The fourth-order valence-corrected chi connectivity index (χ4v) is 4.37. The number of benzene rings is 2. The number of aliphatic hydroxyl groups excluding tert-OH is 1. The molecule has 4 rings (SSSR count). The maximum Gasteiger partial charge on any atom is 0.119 e. The topological polar surface area (TPSA) is 32.7 Å². The highest BCUT2D eigenvalue weighted by atomic mass is 16.5. The third-order valence-electron chi connectivity index (χ3n) is 5.63. The molecule has 25 heavy (non-hydrogen) atoms. The van der Waals surface area contributed by atoms with E-state index in [4.69, 9.17) is 4.74 Å². The summed E-state index contributed by atoms with van der Waals surface area (Å²) in [4.78, 5) is 2.53. The molecule has 3 atom stereocenters. The van der Waals surface area contributed by atoms with Gasteiger partial charge in [0.25, 0.3) is 0 Å². The molecule has 1 N–H and O–H groups in total. The van der Waals surface area contributed by atoms with Gasteiger partial charge in [0, 0.05) is 26.1 Å². The van der Waals surface area contributed by atoms with Crippen molar-refractivity contribution in [3.63, 3.8) is 0 Å². The summed E-state index contributed by atoms with van der Waals surface area (Å²) >= 11 is 0. The summed E-state index contributed by atoms with van der Waals surface area (Å²) in [5.74, 6) is 2.35. The quantitative estimate of drug-likeness (QED) is 0.875. The van der Waals surface area contributed by atoms with Gasteiger partial charge in [0.2, 0.25) is 0 Å². The van der Waals surface area contributed by atoms with Crippen LogP contribution in [-0.2, 0) is 13.0 Å². The normalized spacial score (nSPS) is 25.9. The third-order valence-corrected chi connectivity index (χ3v) is 5.63. The molecule has 0 aromatic heterocycles. The highest BCUT2D eigenvalue weighted by Gasteiger charge is 2.39. The Morgan fingerprint density at radius 1 is 0.880 bits per heavy atom. The Kier molecular flexibility index (Phi) is 5.04. The van der Waals surface area contributed by atoms with E-state index >= 15 is 0 Å². The van der Waals surface area contributed by atoms with Crippen molar-refractivity contribution in [3.05, 3.63) is 65.7 Å². The zero-order valence-corrected chi connectivity index (χ0v) is 14.7. The van der Waals surface area contributed by atoms with Crippen molar-refractivity contribution in [1.29, 1.82) is 0 Å². The minimum Gasteiger partial charge on any atom is -0.493 e. The predicted molar refractivity (Wildman–Crippen MR) is 99.6 cm³/mol. The Balaban J connectivity index is 1.24. The zero-order chi connectivity index (χ0) is 17.1. The maximum absolute atomic E-state index is 9.75. The van der Waals surface area contributed by atoms with Crippen molar-refractivity contribution in [3.8, 4) is 5.75 Å². The number of fused-ring (bicyclic) bond motifs is 1. The summed E-state index contributed by atoms with van der Waals surface area (Å²) in [6.07, 6.45) is 2.87. The molecule has 3 heteroatoms. The molecule has 1 aliphatic carbocycles. The Morgan fingerprint density at radius 2 is 1.56 bits per heavy atom. The SMILES string of the molecule is OC1C[C@@H]2CN(Cc3ccc(OCCc4ccccc4)cc3)C[C@@H]2C1. The monoisotopic (exact) mass is 337 g/mol. The lowest BCUT2D eigenvalue weighted by Gasteiger charge is -2.18. The zero-order valence-electron chi connectivity index (χ0n) is 14.7. The smallest absolute Gasteiger partial charge is 0.119 e. The van der Waals surface area contributed by atoms with Gasteiger partial charge in [-0.3, -0.25) is 4.90 Å². The van der Waals surface area contributed by atoms with Gasteiger partial charge in [-0.05, 0) is 47.9 Å². The number of nitrogens with zero attached hydrogens (tertiary/aromatic N) is 1. The van der Waals surface area contributed by atoms with Crippen molar-refractivity contribution in [2.24, 2.45) is 11.8 Å². The summed E-state index contributed by atoms with van der Waals surface area (Å²) in [5, 5.41) is 9.75. The molecule has 0 amide bonds. The largest absolute Gasteiger partial charge is 0.493 e. The Bertz CT molecular complexity index is 656. The van der Waals surface area contributed by atoms with Crippen LogP contribution >= 0.6 is 0 Å². The van der Waals surface area contributed by atoms with E-state index in [9.17, 15) is 5.11 Å². The van der Waals surface area contributed by atoms with Gasteiger partial charge in [0.05, 0.1) is 12.7 Å². The first-order chi connectivity index (χ1) is 12.3. The number of hydrogen-bond donors (Lipinski definition) is 1. The van der Waals surface area contributed by atoms with Crippen LogP contribution in [0.4, 0.5) is 0 Å². The highest BCUT2D eigenvalue weighted by Crippen LogP contribution is 2.38. The minimum atomic E-state index is -0.0514. The van der Waals surface area contributed by atoms with Gasteiger partial charge in [-0.25, -0.2) is 0 Å². The first kappa shape index (κ1) is 16.6. The molecule has 0 radical (unpaired) electrons. The second kappa shape index (κ2) is 7.59. The number of likely N-dealkylation sites (tertiary alicyclic amines) is 1. The Labute approximate surface area is 150 Å². The number of hydrogen-bond acceptors (Lipinski definition) is 3. The van der Waals surface area contributed by atoms with Crippen molar-refractivity contribution >= 4 is 0 Å². The number of ether oxygens (including phenoxy) is 1. The molecule has 2 aromatic rings. The molecular formula is C22H27NO2. The molecule has 132 valence electrons. The minimum absolute atomic E-state index is 0.0514. The van der Waals surface area contributed by atoms with Crippen molar-refractivity contribution in [1.82, 2.24) is 4.90 Å². The average Bonchev–Trinajstić information content (AvgIpc) is 3.14. The first-order valence-electron chi connectivity index (χ1n) is 9.42. The maximum atomic E-state index is 9.75. The van der Waals surface area contributed by atoms with Crippen LogP contribution in [-0.4, -0.2) is 35.8 Å². The van der Waals surface area contributed by atoms with Gasteiger partial charge in [-0.15, -0.1) is 0 Å². The van der Waals surface area contributed by atoms with Gasteiger partial charge in [-0.2, -0.15) is 0 Å². The molecule has 2 aromatic carbocycles. The molecule has 3 nitrogen and oxygen atoms in total. The summed E-state index contributed by atoms with van der Waals surface area (Å²) < 4.78 is 5.87. The van der Waals surface area contributed by atoms with E-state index in [-0.39, 0.29) is 6.10 Å². The fourth-order valence-electron chi connectivity index (χ4n) is 4.37. The van der Waals surface area contributed by atoms with Crippen LogP contribution in [0.2, 0.25) is 0 Å². The van der Waals surface area contributed by atoms with Gasteiger partial charge < -0.3 is 9.84 Å². The molecule has 1 saturated heterocycles. The average molecular weight is 337 g/mol. The lowest BCUT2D eigenvalue weighted by molar-refractivity contribution is 0.161. The lowest BCUT2D eigenvalue weighted by atomic mass is 10.0. The summed E-state index contributed by atoms with van der Waals surface area (Å²) in [7, 11) is 0. The molecular weight excluding hydrogens is 310 g/mol. The Morgan fingerprint density at radius 3 is 2.24 bits per heavy atom. The van der Waals surface area contributed by atoms with Crippen LogP contribution < -0.4 is 4.74 Å². The standard InChI is InChI=1S/C22H27NO2/c24-21-12-19-15-23(16-20(19)13-21)14-18-6-8-22(9-7-18)25-11-10-17-4-2-1-3-5-17/h1-9,19-21,24H,10-16H2/t19-,20+,21?. The third kappa shape index (κ3) is 4.23. The van der Waals surface area contributed by atoms with E-state index in [0.717, 1.165) is 44.6 Å². The van der Waals surface area contributed by atoms with E-state index in [1.54, 1.807) is 0 Å². The van der Waals surface area contributed by atoms with E-state index in [2.05, 4.69) is 53.4 Å². The molecule has 0 spiro atoms. The predicted octanol–water partition coefficient (Wildman–Crippen LogP) is 3.51. The molecule has 2 aliphatic rings. The summed E-state index contributed by atoms with van der Waals surface area (Å²) in [6, 6.07) is 19.0. The van der Waals surface area contributed by atoms with Crippen LogP contribution in [0.5, 0.6) is 5.75 Å². The van der Waals surface area contributed by atoms with Crippen LogP contribution in [0.1, 0.15) is 24.0 Å². The molecule has 0 bridgehead atoms. The number of aliphatic hydroxyl groups is 1. The van der Waals surface area contributed by atoms with Gasteiger partial charge in [0.15, 0.2) is 0 Å². The molecule has 1 aliphatic heterocycles. The van der Waals surface area contributed by atoms with Crippen LogP contribution in [0, 0.1) is 11.8 Å². The van der Waals surface area contributed by atoms with Gasteiger partial charge in [-0.1, -0.05) is 42.5 Å². The molecule has 1 heterocycles. The van der Waals surface area contributed by atoms with E-state index in [1.807, 2.05) is 6.07 Å².